The maximum Gasteiger partial charge on any atom is 0.271 e. The maximum absolute atomic E-state index is 12.7. The third-order valence-corrected chi connectivity index (χ3v) is 7.44. The van der Waals surface area contributed by atoms with E-state index in [-0.39, 0.29) is 10.1 Å². The molecule has 2 aromatic rings. The quantitative estimate of drug-likeness (QED) is 0.766. The van der Waals surface area contributed by atoms with Crippen LogP contribution in [0.5, 0.6) is 11.5 Å². The summed E-state index contributed by atoms with van der Waals surface area (Å²) in [4.78, 5) is 14.5. The Morgan fingerprint density at radius 2 is 1.71 bits per heavy atom. The number of sulfonamides is 1. The van der Waals surface area contributed by atoms with Crippen LogP contribution < -0.4 is 14.2 Å². The van der Waals surface area contributed by atoms with Crippen molar-refractivity contribution in [3.05, 3.63) is 35.2 Å². The Morgan fingerprint density at radius 3 is 2.36 bits per heavy atom. The van der Waals surface area contributed by atoms with Gasteiger partial charge in [0.25, 0.3) is 15.9 Å². The second kappa shape index (κ2) is 8.83. The minimum Gasteiger partial charge on any atom is -0.493 e. The average Bonchev–Trinajstić information content (AvgIpc) is 3.04. The highest BCUT2D eigenvalue weighted by Gasteiger charge is 2.23. The number of ether oxygens (including phenoxy) is 2. The second-order valence-corrected chi connectivity index (χ2v) is 9.36. The van der Waals surface area contributed by atoms with Gasteiger partial charge in [-0.2, -0.15) is 0 Å². The molecule has 1 N–H and O–H groups in total. The van der Waals surface area contributed by atoms with Crippen molar-refractivity contribution in [2.45, 2.75) is 29.9 Å². The number of hydrogen-bond acceptors (Lipinski definition) is 6. The van der Waals surface area contributed by atoms with E-state index in [4.69, 9.17) is 9.47 Å². The minimum absolute atomic E-state index is 0.0976. The predicted molar refractivity (Wildman–Crippen MR) is 109 cm³/mol. The third-order valence-electron chi connectivity index (χ3n) is 4.62. The van der Waals surface area contributed by atoms with Gasteiger partial charge in [-0.25, -0.2) is 8.42 Å². The average molecular weight is 425 g/mol. The smallest absolute Gasteiger partial charge is 0.271 e. The molecule has 0 spiro atoms. The Kier molecular flexibility index (Phi) is 6.46. The first-order valence-electron chi connectivity index (χ1n) is 9.07. The molecule has 7 nitrogen and oxygen atoms in total. The Bertz CT molecular complexity index is 932. The zero-order valence-corrected chi connectivity index (χ0v) is 17.6. The van der Waals surface area contributed by atoms with Crippen molar-refractivity contribution < 1.29 is 22.7 Å². The molecule has 0 bridgehead atoms. The van der Waals surface area contributed by atoms with Crippen molar-refractivity contribution in [3.8, 4) is 11.5 Å². The van der Waals surface area contributed by atoms with Crippen molar-refractivity contribution in [3.63, 3.8) is 0 Å². The second-order valence-electron chi connectivity index (χ2n) is 6.54. The van der Waals surface area contributed by atoms with Gasteiger partial charge >= 0.3 is 0 Å². The van der Waals surface area contributed by atoms with Crippen LogP contribution in [0.25, 0.3) is 0 Å². The van der Waals surface area contributed by atoms with E-state index in [2.05, 4.69) is 4.72 Å². The molecule has 1 aliphatic rings. The Balaban J connectivity index is 1.77. The summed E-state index contributed by atoms with van der Waals surface area (Å²) in [6.45, 7) is 1.45. The first-order valence-corrected chi connectivity index (χ1v) is 11.4. The van der Waals surface area contributed by atoms with Crippen LogP contribution in [0.15, 0.2) is 33.9 Å². The summed E-state index contributed by atoms with van der Waals surface area (Å²) in [5, 5.41) is 1.61. The molecule has 28 heavy (non-hydrogen) atoms. The molecule has 0 saturated carbocycles. The molecule has 1 aromatic heterocycles. The fourth-order valence-electron chi connectivity index (χ4n) is 3.13. The summed E-state index contributed by atoms with van der Waals surface area (Å²) in [6.07, 6.45) is 4.23. The van der Waals surface area contributed by atoms with Crippen LogP contribution in [0.3, 0.4) is 0 Å². The summed E-state index contributed by atoms with van der Waals surface area (Å²) < 4.78 is 38.4. The van der Waals surface area contributed by atoms with Crippen LogP contribution >= 0.6 is 11.3 Å². The van der Waals surface area contributed by atoms with Crippen LogP contribution in [0.1, 0.15) is 36.0 Å². The molecule has 1 saturated heterocycles. The number of rotatable bonds is 6. The van der Waals surface area contributed by atoms with Gasteiger partial charge in [-0.3, -0.25) is 9.52 Å². The zero-order valence-electron chi connectivity index (χ0n) is 15.9. The van der Waals surface area contributed by atoms with E-state index >= 15 is 0 Å². The molecular formula is C19H24N2O5S2. The number of nitrogens with zero attached hydrogens (tertiary/aromatic N) is 1. The summed E-state index contributed by atoms with van der Waals surface area (Å²) in [5.41, 5.74) is 0.769. The summed E-state index contributed by atoms with van der Waals surface area (Å²) in [6, 6.07) is 6.21. The van der Waals surface area contributed by atoms with Crippen LogP contribution in [0.2, 0.25) is 0 Å². The lowest BCUT2D eigenvalue weighted by Gasteiger charge is -2.19. The number of anilines is 1. The maximum atomic E-state index is 12.7. The Labute approximate surface area is 169 Å². The highest BCUT2D eigenvalue weighted by atomic mass is 32.2. The first-order chi connectivity index (χ1) is 13.4. The normalized spacial score (nSPS) is 15.0. The number of thiophene rings is 1. The molecule has 1 aromatic carbocycles. The van der Waals surface area contributed by atoms with E-state index in [1.165, 1.54) is 20.3 Å². The molecule has 3 rings (SSSR count). The number of carbonyl (C=O) groups excluding carboxylic acids is 1. The van der Waals surface area contributed by atoms with Gasteiger partial charge in [-0.15, -0.1) is 11.3 Å². The number of hydrogen-bond donors (Lipinski definition) is 1. The highest BCUT2D eigenvalue weighted by Crippen LogP contribution is 2.31. The number of nitrogens with one attached hydrogen (secondary N) is 1. The molecule has 152 valence electrons. The monoisotopic (exact) mass is 424 g/mol. The lowest BCUT2D eigenvalue weighted by molar-refractivity contribution is 0.0762. The number of amides is 1. The standard InChI is InChI=1S/C19H24N2O5S2/c1-25-16-8-7-15(12-17(16)26-2)20-28(23,24)18-11-14(13-27-18)19(22)21-9-5-3-4-6-10-21/h7-8,11-13,20H,3-6,9-10H2,1-2H3. The van der Waals surface area contributed by atoms with Gasteiger partial charge in [0, 0.05) is 24.5 Å². The van der Waals surface area contributed by atoms with E-state index in [1.54, 1.807) is 23.6 Å². The van der Waals surface area contributed by atoms with Crippen molar-refractivity contribution in [2.75, 3.05) is 32.0 Å². The first kappa shape index (κ1) is 20.5. The molecule has 0 atom stereocenters. The molecule has 0 aliphatic carbocycles. The van der Waals surface area contributed by atoms with Gasteiger partial charge < -0.3 is 14.4 Å². The summed E-state index contributed by atoms with van der Waals surface area (Å²) >= 11 is 1.04. The summed E-state index contributed by atoms with van der Waals surface area (Å²) in [7, 11) is -0.815. The molecule has 0 unspecified atom stereocenters. The number of likely N-dealkylation sites (tertiary alicyclic amines) is 1. The van der Waals surface area contributed by atoms with Crippen molar-refractivity contribution in [1.29, 1.82) is 0 Å². The summed E-state index contributed by atoms with van der Waals surface area (Å²) in [5.74, 6) is 0.823. The third kappa shape index (κ3) is 4.59. The topological polar surface area (TPSA) is 84.9 Å². The zero-order chi connectivity index (χ0) is 20.1. The number of methoxy groups -OCH3 is 2. The van der Waals surface area contributed by atoms with Gasteiger partial charge in [0.05, 0.1) is 25.5 Å². The molecule has 1 amide bonds. The fraction of sp³-hybridized carbons (Fsp3) is 0.421. The van der Waals surface area contributed by atoms with E-state index in [9.17, 15) is 13.2 Å². The Morgan fingerprint density at radius 1 is 1.04 bits per heavy atom. The minimum atomic E-state index is -3.81. The SMILES string of the molecule is COc1ccc(NS(=O)(=O)c2cc(C(=O)N3CCCCCC3)cs2)cc1OC. The highest BCUT2D eigenvalue weighted by molar-refractivity contribution is 7.94. The van der Waals surface area contributed by atoms with Crippen LogP contribution in [-0.2, 0) is 10.0 Å². The molecule has 9 heteroatoms. The Hall–Kier alpha value is -2.26. The number of benzene rings is 1. The molecular weight excluding hydrogens is 400 g/mol. The van der Waals surface area contributed by atoms with Gasteiger partial charge in [-0.05, 0) is 31.0 Å². The fourth-order valence-corrected chi connectivity index (χ4v) is 5.33. The van der Waals surface area contributed by atoms with Crippen molar-refractivity contribution >= 4 is 33.0 Å². The van der Waals surface area contributed by atoms with Crippen LogP contribution in [0, 0.1) is 0 Å². The van der Waals surface area contributed by atoms with E-state index in [0.29, 0.717) is 22.7 Å². The van der Waals surface area contributed by atoms with Crippen molar-refractivity contribution in [2.24, 2.45) is 0 Å². The number of carbonyl (C=O) groups is 1. The van der Waals surface area contributed by atoms with E-state index in [0.717, 1.165) is 50.1 Å². The van der Waals surface area contributed by atoms with E-state index in [1.807, 2.05) is 4.90 Å². The van der Waals surface area contributed by atoms with E-state index < -0.39 is 10.0 Å². The van der Waals surface area contributed by atoms with Gasteiger partial charge in [0.15, 0.2) is 11.5 Å². The molecule has 1 aliphatic heterocycles. The van der Waals surface area contributed by atoms with Gasteiger partial charge in [0.2, 0.25) is 0 Å². The van der Waals surface area contributed by atoms with Crippen LogP contribution in [0.4, 0.5) is 5.69 Å². The van der Waals surface area contributed by atoms with Gasteiger partial charge in [0.1, 0.15) is 4.21 Å². The molecule has 0 radical (unpaired) electrons. The van der Waals surface area contributed by atoms with Crippen LogP contribution in [-0.4, -0.2) is 46.5 Å². The molecule has 2 heterocycles. The van der Waals surface area contributed by atoms with Gasteiger partial charge in [-0.1, -0.05) is 12.8 Å². The lowest BCUT2D eigenvalue weighted by atomic mass is 10.2. The molecule has 1 fully saturated rings. The lowest BCUT2D eigenvalue weighted by Crippen LogP contribution is -2.31. The predicted octanol–water partition coefficient (Wildman–Crippen LogP) is 3.58. The largest absolute Gasteiger partial charge is 0.493 e. The van der Waals surface area contributed by atoms with Crippen molar-refractivity contribution in [1.82, 2.24) is 4.90 Å².